The largest absolute Gasteiger partial charge is 0.439 e. The summed E-state index contributed by atoms with van der Waals surface area (Å²) < 4.78 is 6.12. The maximum absolute atomic E-state index is 12.8. The number of carbonyl (C=O) groups excluding carboxylic acids is 2. The molecule has 2 N–H and O–H groups in total. The number of nitrogens with zero attached hydrogens (tertiary/aromatic N) is 1. The van der Waals surface area contributed by atoms with Gasteiger partial charge in [0.15, 0.2) is 0 Å². The Hall–Kier alpha value is -3.74. The lowest BCUT2D eigenvalue weighted by molar-refractivity contribution is -0.672. The van der Waals surface area contributed by atoms with Crippen LogP contribution < -0.4 is 15.6 Å². The minimum Gasteiger partial charge on any atom is -0.321 e. The van der Waals surface area contributed by atoms with Crippen molar-refractivity contribution in [3.8, 4) is 5.69 Å². The molecule has 0 radical (unpaired) electrons. The molecule has 7 heteroatoms. The highest BCUT2D eigenvalue weighted by Crippen LogP contribution is 2.31. The van der Waals surface area contributed by atoms with E-state index in [0.29, 0.717) is 16.9 Å². The van der Waals surface area contributed by atoms with Crippen molar-refractivity contribution in [2.75, 3.05) is 5.32 Å². The molecule has 4 rings (SSSR count). The van der Waals surface area contributed by atoms with Gasteiger partial charge < -0.3 is 5.32 Å². The summed E-state index contributed by atoms with van der Waals surface area (Å²) in [6, 6.07) is 12.5. The number of aromatic amines is 1. The van der Waals surface area contributed by atoms with Crippen LogP contribution in [0.3, 0.4) is 0 Å². The number of H-pyrrole nitrogens is 1. The number of carbonyl (C=O) groups is 2. The molecule has 0 aliphatic carbocycles. The molecule has 2 aromatic carbocycles. The van der Waals surface area contributed by atoms with Crippen molar-refractivity contribution in [2.45, 2.75) is 13.8 Å². The molecule has 27 heavy (non-hydrogen) atoms. The summed E-state index contributed by atoms with van der Waals surface area (Å²) in [5, 5.41) is 5.15. The number of allylic oxidation sites excluding steroid dienone is 1. The van der Waals surface area contributed by atoms with E-state index in [0.717, 1.165) is 11.1 Å². The number of aromatic nitrogens is 2. The lowest BCUT2D eigenvalue weighted by Gasteiger charge is -1.99. The molecule has 0 atom stereocenters. The topological polar surface area (TPSA) is 96.1 Å². The summed E-state index contributed by atoms with van der Waals surface area (Å²) in [7, 11) is 0. The second-order valence-electron chi connectivity index (χ2n) is 6.36. The van der Waals surface area contributed by atoms with Crippen LogP contribution in [0.15, 0.2) is 57.9 Å². The Labute approximate surface area is 153 Å². The van der Waals surface area contributed by atoms with Gasteiger partial charge in [-0.15, -0.1) is 0 Å². The maximum Gasteiger partial charge on any atom is 0.439 e. The third-order valence-corrected chi connectivity index (χ3v) is 4.61. The van der Waals surface area contributed by atoms with E-state index in [2.05, 4.69) is 10.6 Å². The molecule has 0 spiro atoms. The van der Waals surface area contributed by atoms with Crippen molar-refractivity contribution in [3.05, 3.63) is 81.3 Å². The van der Waals surface area contributed by atoms with E-state index < -0.39 is 11.4 Å². The second-order valence-corrected chi connectivity index (χ2v) is 6.36. The van der Waals surface area contributed by atoms with E-state index in [1.54, 1.807) is 30.3 Å². The zero-order valence-corrected chi connectivity index (χ0v) is 14.7. The Balaban J connectivity index is 1.80. The van der Waals surface area contributed by atoms with Gasteiger partial charge in [0, 0.05) is 29.5 Å². The monoisotopic (exact) mass is 362 g/mol. The zero-order valence-electron chi connectivity index (χ0n) is 14.7. The quantitative estimate of drug-likeness (QED) is 0.424. The van der Waals surface area contributed by atoms with Gasteiger partial charge in [-0.25, -0.2) is 4.79 Å². The number of fused-ring (bicyclic) bond motifs is 1. The van der Waals surface area contributed by atoms with Crippen molar-refractivity contribution in [3.63, 3.8) is 0 Å². The van der Waals surface area contributed by atoms with Crippen LogP contribution in [0.4, 0.5) is 5.69 Å². The fourth-order valence-corrected chi connectivity index (χ4v) is 3.01. The van der Waals surface area contributed by atoms with Gasteiger partial charge in [0.2, 0.25) is 5.69 Å². The van der Waals surface area contributed by atoms with Crippen LogP contribution in [0.1, 0.15) is 27.2 Å². The number of para-hydroxylation sites is 1. The van der Waals surface area contributed by atoms with Crippen LogP contribution in [0.2, 0.25) is 0 Å². The Morgan fingerprint density at radius 2 is 1.85 bits per heavy atom. The fraction of sp³-hybridized carbons (Fsp3) is 0.100. The summed E-state index contributed by atoms with van der Waals surface area (Å²) >= 11 is 0. The van der Waals surface area contributed by atoms with E-state index in [-0.39, 0.29) is 17.2 Å². The summed E-state index contributed by atoms with van der Waals surface area (Å²) in [6.07, 6.45) is 1.17. The van der Waals surface area contributed by atoms with E-state index in [1.165, 1.54) is 10.8 Å². The third kappa shape index (κ3) is 2.79. The molecular formula is C20H16N3O4+. The maximum atomic E-state index is 12.8. The predicted octanol–water partition coefficient (Wildman–Crippen LogP) is 2.08. The number of hydrogen-bond acceptors (Lipinski definition) is 4. The van der Waals surface area contributed by atoms with Gasteiger partial charge in [0.25, 0.3) is 11.7 Å². The van der Waals surface area contributed by atoms with Gasteiger partial charge in [-0.2, -0.15) is 0 Å². The summed E-state index contributed by atoms with van der Waals surface area (Å²) in [5.74, 6) is -1.01. The Morgan fingerprint density at radius 3 is 2.63 bits per heavy atom. The SMILES string of the molecule is Cc1ccc(-[n+]2[nH]oc(=O)c2C(=O)/C=C2/C(=O)Nc3ccccc32)cc1C. The van der Waals surface area contributed by atoms with Crippen LogP contribution in [-0.4, -0.2) is 17.0 Å². The van der Waals surface area contributed by atoms with Gasteiger partial charge in [0.1, 0.15) is 0 Å². The molecule has 0 saturated heterocycles. The fourth-order valence-electron chi connectivity index (χ4n) is 3.01. The zero-order chi connectivity index (χ0) is 19.1. The smallest absolute Gasteiger partial charge is 0.321 e. The van der Waals surface area contributed by atoms with Crippen molar-refractivity contribution < 1.29 is 18.8 Å². The Kier molecular flexibility index (Phi) is 3.84. The first-order valence-electron chi connectivity index (χ1n) is 8.33. The molecule has 7 nitrogen and oxygen atoms in total. The second kappa shape index (κ2) is 6.21. The molecule has 3 aromatic rings. The minimum absolute atomic E-state index is 0.206. The number of benzene rings is 2. The van der Waals surface area contributed by atoms with Crippen LogP contribution in [0.25, 0.3) is 11.3 Å². The number of aryl methyl sites for hydroxylation is 2. The molecular weight excluding hydrogens is 346 g/mol. The van der Waals surface area contributed by atoms with Crippen LogP contribution in [-0.2, 0) is 4.79 Å². The highest BCUT2D eigenvalue weighted by Gasteiger charge is 2.32. The van der Waals surface area contributed by atoms with E-state index in [1.807, 2.05) is 26.0 Å². The lowest BCUT2D eigenvalue weighted by Crippen LogP contribution is -2.40. The van der Waals surface area contributed by atoms with Crippen LogP contribution in [0.5, 0.6) is 0 Å². The number of hydrogen-bond donors (Lipinski definition) is 2. The molecule has 134 valence electrons. The van der Waals surface area contributed by atoms with E-state index in [9.17, 15) is 14.4 Å². The van der Waals surface area contributed by atoms with Gasteiger partial charge in [-0.3, -0.25) is 14.1 Å². The van der Waals surface area contributed by atoms with Crippen LogP contribution in [0, 0.1) is 13.8 Å². The number of amides is 1. The molecule has 0 bridgehead atoms. The Bertz CT molecular complexity index is 1180. The van der Waals surface area contributed by atoms with E-state index in [4.69, 9.17) is 4.52 Å². The van der Waals surface area contributed by atoms with Crippen molar-refractivity contribution in [1.82, 2.24) is 5.27 Å². The standard InChI is InChI=1S/C20H15N3O4/c1-11-7-8-13(9-12(11)2)23-18(20(26)27-22-23)17(24)10-15-14-5-3-4-6-16(14)21-19(15)25/h3-10H,1-2H3,(H-,21,22,24,25,26)/p+1. The molecule has 1 amide bonds. The predicted molar refractivity (Wildman–Crippen MR) is 97.7 cm³/mol. The first-order valence-corrected chi connectivity index (χ1v) is 8.33. The van der Waals surface area contributed by atoms with E-state index >= 15 is 0 Å². The van der Waals surface area contributed by atoms with Gasteiger partial charge >= 0.3 is 11.3 Å². The number of rotatable bonds is 3. The van der Waals surface area contributed by atoms with Crippen molar-refractivity contribution in [2.24, 2.45) is 0 Å². The molecule has 0 saturated carbocycles. The molecule has 0 fully saturated rings. The summed E-state index contributed by atoms with van der Waals surface area (Å²) in [5.41, 5.74) is 3.12. The highest BCUT2D eigenvalue weighted by atomic mass is 16.5. The first-order chi connectivity index (χ1) is 13.0. The lowest BCUT2D eigenvalue weighted by atomic mass is 10.0. The average molecular weight is 362 g/mol. The van der Waals surface area contributed by atoms with Crippen molar-refractivity contribution in [1.29, 1.82) is 0 Å². The first kappa shape index (κ1) is 16.7. The number of nitrogens with one attached hydrogen (secondary N) is 2. The summed E-state index contributed by atoms with van der Waals surface area (Å²) in [4.78, 5) is 37.2. The molecule has 2 heterocycles. The Morgan fingerprint density at radius 1 is 1.07 bits per heavy atom. The van der Waals surface area contributed by atoms with Gasteiger partial charge in [-0.05, 0) is 41.0 Å². The third-order valence-electron chi connectivity index (χ3n) is 4.61. The molecule has 1 aliphatic heterocycles. The molecule has 1 aliphatic rings. The minimum atomic E-state index is -0.804. The summed E-state index contributed by atoms with van der Waals surface area (Å²) in [6.45, 7) is 3.90. The van der Waals surface area contributed by atoms with Gasteiger partial charge in [0.05, 0.1) is 5.57 Å². The van der Waals surface area contributed by atoms with Crippen LogP contribution >= 0.6 is 0 Å². The molecule has 0 unspecified atom stereocenters. The van der Waals surface area contributed by atoms with Crippen molar-refractivity contribution >= 4 is 23.0 Å². The van der Waals surface area contributed by atoms with Gasteiger partial charge in [-0.1, -0.05) is 24.3 Å². The molecule has 1 aromatic heterocycles. The average Bonchev–Trinajstić information content (AvgIpc) is 3.18. The normalized spacial score (nSPS) is 14.3. The number of ketones is 1. The number of anilines is 1. The highest BCUT2D eigenvalue weighted by molar-refractivity contribution is 6.34.